The van der Waals surface area contributed by atoms with Gasteiger partial charge in [0.1, 0.15) is 29.8 Å². The van der Waals surface area contributed by atoms with Crippen molar-refractivity contribution < 1.29 is 19.0 Å². The summed E-state index contributed by atoms with van der Waals surface area (Å²) in [4.78, 5) is 39.3. The molecule has 0 radical (unpaired) electrons. The minimum absolute atomic E-state index is 0.189. The van der Waals surface area contributed by atoms with Crippen LogP contribution in [0.1, 0.15) is 44.9 Å². The molecule has 2 atom stereocenters. The van der Waals surface area contributed by atoms with Gasteiger partial charge in [-0.2, -0.15) is 9.97 Å². The molecular formula is C30H42N8O4. The summed E-state index contributed by atoms with van der Waals surface area (Å²) in [6, 6.07) is 2.25. The molecule has 2 fully saturated rings. The van der Waals surface area contributed by atoms with Crippen molar-refractivity contribution >= 4 is 17.6 Å². The first kappa shape index (κ1) is 29.6. The standard InChI is InChI=1S/C30H42N8O4/c1-30(2,3)42-29(39)38-15-14-37(18-22(38)16-31-4)27-23-10-13-36(25-17-32-11-9-26(25)40-6)19-24(23)33-28(34-27)41-20-21-8-7-12-35(21)5/h9,11,17,21-22H,7-8,10,12-16,18-20H2,1-3,5-6H3/t21-,22-/m0/s1. The predicted molar refractivity (Wildman–Crippen MR) is 159 cm³/mol. The number of likely N-dealkylation sites (N-methyl/N-ethyl adjacent to an activating group) is 1. The molecule has 3 aliphatic rings. The van der Waals surface area contributed by atoms with Crippen LogP contribution in [0.3, 0.4) is 0 Å². The largest absolute Gasteiger partial charge is 0.494 e. The number of rotatable bonds is 7. The summed E-state index contributed by atoms with van der Waals surface area (Å²) in [5.74, 6) is 1.59. The molecule has 0 N–H and O–H groups in total. The van der Waals surface area contributed by atoms with Gasteiger partial charge in [-0.3, -0.25) is 9.88 Å². The fourth-order valence-corrected chi connectivity index (χ4v) is 5.93. The van der Waals surface area contributed by atoms with E-state index in [0.29, 0.717) is 44.8 Å². The number of piperazine rings is 1. The van der Waals surface area contributed by atoms with Crippen LogP contribution in [0.5, 0.6) is 11.8 Å². The molecule has 0 unspecified atom stereocenters. The third-order valence-electron chi connectivity index (χ3n) is 8.13. The molecule has 2 saturated heterocycles. The first-order chi connectivity index (χ1) is 20.2. The number of hydrogen-bond acceptors (Lipinski definition) is 10. The van der Waals surface area contributed by atoms with Gasteiger partial charge in [0, 0.05) is 50.0 Å². The smallest absolute Gasteiger partial charge is 0.410 e. The van der Waals surface area contributed by atoms with Crippen LogP contribution < -0.4 is 19.3 Å². The van der Waals surface area contributed by atoms with E-state index in [9.17, 15) is 4.79 Å². The van der Waals surface area contributed by atoms with E-state index in [1.54, 1.807) is 18.2 Å². The van der Waals surface area contributed by atoms with Crippen molar-refractivity contribution in [3.8, 4) is 11.8 Å². The van der Waals surface area contributed by atoms with Crippen LogP contribution in [-0.4, -0.2) is 109 Å². The van der Waals surface area contributed by atoms with Crippen molar-refractivity contribution in [2.45, 2.75) is 64.3 Å². The highest BCUT2D eigenvalue weighted by Gasteiger charge is 2.37. The zero-order valence-electron chi connectivity index (χ0n) is 25.4. The number of ether oxygens (including phenoxy) is 3. The predicted octanol–water partition coefficient (Wildman–Crippen LogP) is 3.26. The van der Waals surface area contributed by atoms with Gasteiger partial charge in [-0.15, -0.1) is 0 Å². The van der Waals surface area contributed by atoms with Gasteiger partial charge in [-0.05, 0) is 53.6 Å². The Hall–Kier alpha value is -3.85. The third kappa shape index (κ3) is 6.62. The Balaban J connectivity index is 1.43. The fourth-order valence-electron chi connectivity index (χ4n) is 5.93. The minimum Gasteiger partial charge on any atom is -0.494 e. The molecule has 226 valence electrons. The van der Waals surface area contributed by atoms with Gasteiger partial charge in [-0.25, -0.2) is 11.4 Å². The highest BCUT2D eigenvalue weighted by molar-refractivity contribution is 5.69. The second-order valence-electron chi connectivity index (χ2n) is 12.2. The zero-order valence-corrected chi connectivity index (χ0v) is 25.4. The SMILES string of the molecule is [C-]#[N+]C[C@H]1CN(c2nc(OC[C@@H]3CCCN3C)nc3c2CCN(c2cnccc2OC)C3)CCN1C(=O)OC(C)(C)C. The van der Waals surface area contributed by atoms with Gasteiger partial charge < -0.3 is 33.8 Å². The Morgan fingerprint density at radius 2 is 1.98 bits per heavy atom. The number of fused-ring (bicyclic) bond motifs is 1. The fraction of sp³-hybridized carbons (Fsp3) is 0.633. The highest BCUT2D eigenvalue weighted by atomic mass is 16.6. The van der Waals surface area contributed by atoms with Crippen LogP contribution in [0.4, 0.5) is 16.3 Å². The maximum absolute atomic E-state index is 13.0. The van der Waals surface area contributed by atoms with Crippen LogP contribution in [-0.2, 0) is 17.7 Å². The number of aromatic nitrogens is 3. The second-order valence-corrected chi connectivity index (χ2v) is 12.2. The monoisotopic (exact) mass is 578 g/mol. The lowest BCUT2D eigenvalue weighted by Crippen LogP contribution is -2.57. The lowest BCUT2D eigenvalue weighted by atomic mass is 10.0. The van der Waals surface area contributed by atoms with Gasteiger partial charge >= 0.3 is 12.1 Å². The van der Waals surface area contributed by atoms with Crippen molar-refractivity contribution in [2.24, 2.45) is 0 Å². The number of carbonyl (C=O) groups is 1. The Labute approximate surface area is 248 Å². The van der Waals surface area contributed by atoms with Gasteiger partial charge in [-0.1, -0.05) is 0 Å². The minimum atomic E-state index is -0.606. The van der Waals surface area contributed by atoms with Crippen molar-refractivity contribution in [2.75, 3.05) is 69.8 Å². The molecule has 5 rings (SSSR count). The van der Waals surface area contributed by atoms with Crippen LogP contribution in [0, 0.1) is 6.57 Å². The Morgan fingerprint density at radius 3 is 2.69 bits per heavy atom. The molecular weight excluding hydrogens is 536 g/mol. The van der Waals surface area contributed by atoms with Gasteiger partial charge in [0.05, 0.1) is 31.2 Å². The molecule has 0 bridgehead atoms. The molecule has 12 heteroatoms. The van der Waals surface area contributed by atoms with E-state index in [1.165, 1.54) is 0 Å². The van der Waals surface area contributed by atoms with Gasteiger partial charge in [0.2, 0.25) is 6.54 Å². The van der Waals surface area contributed by atoms with E-state index in [1.807, 2.05) is 33.0 Å². The lowest BCUT2D eigenvalue weighted by Gasteiger charge is -2.41. The number of anilines is 2. The van der Waals surface area contributed by atoms with E-state index in [2.05, 4.69) is 31.6 Å². The summed E-state index contributed by atoms with van der Waals surface area (Å²) in [7, 11) is 3.79. The first-order valence-corrected chi connectivity index (χ1v) is 14.7. The van der Waals surface area contributed by atoms with Crippen LogP contribution in [0.2, 0.25) is 0 Å². The summed E-state index contributed by atoms with van der Waals surface area (Å²) in [6.45, 7) is 17.7. The number of methoxy groups -OCH3 is 1. The maximum atomic E-state index is 13.0. The summed E-state index contributed by atoms with van der Waals surface area (Å²) < 4.78 is 17.5. The molecule has 3 aliphatic heterocycles. The molecule has 0 aromatic carbocycles. The summed E-state index contributed by atoms with van der Waals surface area (Å²) in [5, 5.41) is 0. The summed E-state index contributed by atoms with van der Waals surface area (Å²) in [6.07, 6.45) is 6.15. The first-order valence-electron chi connectivity index (χ1n) is 14.7. The van der Waals surface area contributed by atoms with E-state index < -0.39 is 5.60 Å². The Bertz CT molecular complexity index is 1310. The van der Waals surface area contributed by atoms with Crippen molar-refractivity contribution in [1.82, 2.24) is 24.8 Å². The second kappa shape index (κ2) is 12.6. The number of likely N-dealkylation sites (tertiary alicyclic amines) is 1. The van der Waals surface area contributed by atoms with Crippen molar-refractivity contribution in [3.05, 3.63) is 41.1 Å². The van der Waals surface area contributed by atoms with Crippen molar-refractivity contribution in [3.63, 3.8) is 0 Å². The Morgan fingerprint density at radius 1 is 1.14 bits per heavy atom. The average molecular weight is 579 g/mol. The number of amides is 1. The number of pyridine rings is 1. The van der Waals surface area contributed by atoms with E-state index >= 15 is 0 Å². The van der Waals surface area contributed by atoms with E-state index in [0.717, 1.165) is 60.9 Å². The number of carbonyl (C=O) groups excluding carboxylic acids is 1. The van der Waals surface area contributed by atoms with Gasteiger partial charge in [0.15, 0.2) is 0 Å². The molecule has 5 heterocycles. The topological polar surface area (TPSA) is 101 Å². The lowest BCUT2D eigenvalue weighted by molar-refractivity contribution is 0.0155. The van der Waals surface area contributed by atoms with Crippen LogP contribution >= 0.6 is 0 Å². The normalized spacial score (nSPS) is 21.1. The molecule has 2 aromatic heterocycles. The molecule has 0 spiro atoms. The average Bonchev–Trinajstić information content (AvgIpc) is 3.38. The molecule has 2 aromatic rings. The van der Waals surface area contributed by atoms with Crippen LogP contribution in [0.25, 0.3) is 4.85 Å². The van der Waals surface area contributed by atoms with Crippen LogP contribution in [0.15, 0.2) is 18.5 Å². The molecule has 42 heavy (non-hydrogen) atoms. The molecule has 1 amide bonds. The third-order valence-corrected chi connectivity index (χ3v) is 8.13. The quantitative estimate of drug-likeness (QED) is 0.455. The molecule has 0 aliphatic carbocycles. The summed E-state index contributed by atoms with van der Waals surface area (Å²) in [5.41, 5.74) is 2.30. The van der Waals surface area contributed by atoms with Gasteiger partial charge in [0.25, 0.3) is 0 Å². The van der Waals surface area contributed by atoms with E-state index in [-0.39, 0.29) is 18.7 Å². The molecule has 0 saturated carbocycles. The summed E-state index contributed by atoms with van der Waals surface area (Å²) >= 11 is 0. The maximum Gasteiger partial charge on any atom is 0.410 e. The Kier molecular flexibility index (Phi) is 8.87. The van der Waals surface area contributed by atoms with Crippen molar-refractivity contribution in [1.29, 1.82) is 0 Å². The number of hydrogen-bond donors (Lipinski definition) is 0. The van der Waals surface area contributed by atoms with E-state index in [4.69, 9.17) is 30.8 Å². The highest BCUT2D eigenvalue weighted by Crippen LogP contribution is 2.35. The molecule has 12 nitrogen and oxygen atoms in total. The number of nitrogens with zero attached hydrogens (tertiary/aromatic N) is 8. The zero-order chi connectivity index (χ0) is 29.9.